The second-order valence-electron chi connectivity index (χ2n) is 8.63. The van der Waals surface area contributed by atoms with E-state index in [0.29, 0.717) is 25.1 Å². The Hall–Kier alpha value is -3.09. The van der Waals surface area contributed by atoms with E-state index in [1.54, 1.807) is 17.2 Å². The van der Waals surface area contributed by atoms with E-state index in [4.69, 9.17) is 4.74 Å². The lowest BCUT2D eigenvalue weighted by Gasteiger charge is -2.24. The Morgan fingerprint density at radius 3 is 2.57 bits per heavy atom. The summed E-state index contributed by atoms with van der Waals surface area (Å²) in [6.07, 6.45) is 1.95. The first-order valence-electron chi connectivity index (χ1n) is 10.2. The Morgan fingerprint density at radius 1 is 1.20 bits per heavy atom. The van der Waals surface area contributed by atoms with Gasteiger partial charge in [0.15, 0.2) is 0 Å². The van der Waals surface area contributed by atoms with Gasteiger partial charge in [-0.2, -0.15) is 0 Å². The Balaban J connectivity index is 1.52. The molecule has 2 heterocycles. The number of hydrogen-bond donors (Lipinski definition) is 1. The second kappa shape index (κ2) is 9.15. The molecule has 1 aliphatic heterocycles. The number of ether oxygens (including phenoxy) is 1. The third kappa shape index (κ3) is 5.95. The van der Waals surface area contributed by atoms with Gasteiger partial charge in [-0.3, -0.25) is 4.79 Å². The van der Waals surface area contributed by atoms with Gasteiger partial charge in [0.25, 0.3) is 5.91 Å². The van der Waals surface area contributed by atoms with Crippen LogP contribution in [0.5, 0.6) is 0 Å². The summed E-state index contributed by atoms with van der Waals surface area (Å²) in [6, 6.07) is 13.7. The third-order valence-corrected chi connectivity index (χ3v) is 4.84. The predicted octanol–water partition coefficient (Wildman–Crippen LogP) is 3.46. The van der Waals surface area contributed by atoms with Crippen LogP contribution in [-0.2, 0) is 11.3 Å². The fourth-order valence-electron chi connectivity index (χ4n) is 3.32. The smallest absolute Gasteiger partial charge is 0.410 e. The van der Waals surface area contributed by atoms with Crippen molar-refractivity contribution in [2.24, 2.45) is 0 Å². The zero-order chi connectivity index (χ0) is 21.7. The maximum absolute atomic E-state index is 12.6. The topological polar surface area (TPSA) is 74.8 Å². The summed E-state index contributed by atoms with van der Waals surface area (Å²) in [5.74, 6) is 0.614. The van der Waals surface area contributed by atoms with Crippen LogP contribution in [0, 0.1) is 0 Å². The molecule has 1 unspecified atom stereocenters. The van der Waals surface area contributed by atoms with Gasteiger partial charge in [0.05, 0.1) is 5.56 Å². The number of hydrogen-bond acceptors (Lipinski definition) is 5. The van der Waals surface area contributed by atoms with Crippen LogP contribution in [-0.4, -0.2) is 53.7 Å². The molecule has 1 aromatic carbocycles. The number of aromatic nitrogens is 1. The highest BCUT2D eigenvalue weighted by molar-refractivity contribution is 5.94. The number of pyridine rings is 1. The first kappa shape index (κ1) is 21.6. The number of likely N-dealkylation sites (tertiary alicyclic amines) is 1. The average molecular weight is 411 g/mol. The van der Waals surface area contributed by atoms with Crippen LogP contribution in [0.3, 0.4) is 0 Å². The molecular weight excluding hydrogens is 380 g/mol. The molecule has 0 radical (unpaired) electrons. The van der Waals surface area contributed by atoms with Gasteiger partial charge >= 0.3 is 6.09 Å². The number of rotatable bonds is 5. The summed E-state index contributed by atoms with van der Waals surface area (Å²) >= 11 is 0. The van der Waals surface area contributed by atoms with E-state index in [-0.39, 0.29) is 18.0 Å². The molecule has 1 aromatic heterocycles. The standard InChI is InChI=1S/C23H30N4O3/c1-23(2,3)30-22(29)27-13-12-19(16-27)25-21(28)18-10-11-20(24-14-18)26(4)15-17-8-6-5-7-9-17/h5-11,14,19H,12-13,15-16H2,1-4H3,(H,25,28). The normalized spacial score (nSPS) is 16.3. The molecule has 160 valence electrons. The van der Waals surface area contributed by atoms with E-state index in [0.717, 1.165) is 12.4 Å². The highest BCUT2D eigenvalue weighted by Gasteiger charge is 2.30. The van der Waals surface area contributed by atoms with Gasteiger partial charge < -0.3 is 19.9 Å². The number of benzene rings is 1. The van der Waals surface area contributed by atoms with E-state index in [2.05, 4.69) is 22.4 Å². The molecule has 1 saturated heterocycles. The molecule has 1 atom stereocenters. The van der Waals surface area contributed by atoms with Crippen molar-refractivity contribution >= 4 is 17.8 Å². The molecule has 0 aliphatic carbocycles. The van der Waals surface area contributed by atoms with Crippen LogP contribution < -0.4 is 10.2 Å². The van der Waals surface area contributed by atoms with Gasteiger partial charge in [-0.25, -0.2) is 9.78 Å². The SMILES string of the molecule is CN(Cc1ccccc1)c1ccc(C(=O)NC2CCN(C(=O)OC(C)(C)C)C2)cn1. The zero-order valence-corrected chi connectivity index (χ0v) is 18.1. The van der Waals surface area contributed by atoms with Crippen LogP contribution in [0.15, 0.2) is 48.7 Å². The highest BCUT2D eigenvalue weighted by Crippen LogP contribution is 2.17. The Morgan fingerprint density at radius 2 is 1.93 bits per heavy atom. The molecule has 0 bridgehead atoms. The molecule has 30 heavy (non-hydrogen) atoms. The van der Waals surface area contributed by atoms with Crippen molar-refractivity contribution in [2.45, 2.75) is 45.4 Å². The van der Waals surface area contributed by atoms with E-state index in [1.807, 2.05) is 57.0 Å². The molecule has 1 fully saturated rings. The van der Waals surface area contributed by atoms with Gasteiger partial charge in [-0.1, -0.05) is 30.3 Å². The molecule has 0 saturated carbocycles. The average Bonchev–Trinajstić information content (AvgIpc) is 3.16. The van der Waals surface area contributed by atoms with Crippen molar-refractivity contribution in [3.05, 3.63) is 59.8 Å². The van der Waals surface area contributed by atoms with Crippen molar-refractivity contribution in [2.75, 3.05) is 25.0 Å². The minimum atomic E-state index is -0.528. The third-order valence-electron chi connectivity index (χ3n) is 4.84. The van der Waals surface area contributed by atoms with Crippen molar-refractivity contribution in [3.63, 3.8) is 0 Å². The second-order valence-corrected chi connectivity index (χ2v) is 8.63. The quantitative estimate of drug-likeness (QED) is 0.817. The number of nitrogens with one attached hydrogen (secondary N) is 1. The lowest BCUT2D eigenvalue weighted by Crippen LogP contribution is -2.40. The maximum atomic E-state index is 12.6. The Kier molecular flexibility index (Phi) is 6.59. The summed E-state index contributed by atoms with van der Waals surface area (Å²) in [5.41, 5.74) is 1.17. The maximum Gasteiger partial charge on any atom is 0.410 e. The van der Waals surface area contributed by atoms with Gasteiger partial charge in [0, 0.05) is 38.9 Å². The molecule has 2 amide bonds. The summed E-state index contributed by atoms with van der Waals surface area (Å²) in [5, 5.41) is 2.99. The fourth-order valence-corrected chi connectivity index (χ4v) is 3.32. The number of nitrogens with zero attached hydrogens (tertiary/aromatic N) is 3. The summed E-state index contributed by atoms with van der Waals surface area (Å²) in [4.78, 5) is 32.9. The molecule has 7 heteroatoms. The number of carbonyl (C=O) groups excluding carboxylic acids is 2. The van der Waals surface area contributed by atoms with Crippen molar-refractivity contribution < 1.29 is 14.3 Å². The number of amides is 2. The van der Waals surface area contributed by atoms with Gasteiger partial charge in [0.1, 0.15) is 11.4 Å². The molecule has 3 rings (SSSR count). The van der Waals surface area contributed by atoms with Crippen LogP contribution in [0.2, 0.25) is 0 Å². The van der Waals surface area contributed by atoms with Gasteiger partial charge in [-0.15, -0.1) is 0 Å². The van der Waals surface area contributed by atoms with Gasteiger partial charge in [-0.05, 0) is 44.9 Å². The summed E-state index contributed by atoms with van der Waals surface area (Å²) in [7, 11) is 1.97. The number of carbonyl (C=O) groups is 2. The number of anilines is 1. The lowest BCUT2D eigenvalue weighted by molar-refractivity contribution is 0.0290. The van der Waals surface area contributed by atoms with Gasteiger partial charge in [0.2, 0.25) is 0 Å². The fraction of sp³-hybridized carbons (Fsp3) is 0.435. The van der Waals surface area contributed by atoms with E-state index < -0.39 is 5.60 Å². The van der Waals surface area contributed by atoms with E-state index >= 15 is 0 Å². The minimum Gasteiger partial charge on any atom is -0.444 e. The molecule has 2 aromatic rings. The largest absolute Gasteiger partial charge is 0.444 e. The molecule has 1 aliphatic rings. The lowest BCUT2D eigenvalue weighted by atomic mass is 10.2. The monoisotopic (exact) mass is 410 g/mol. The Bertz CT molecular complexity index is 862. The van der Waals surface area contributed by atoms with E-state index in [1.165, 1.54) is 5.56 Å². The molecular formula is C23H30N4O3. The van der Waals surface area contributed by atoms with Crippen LogP contribution in [0.25, 0.3) is 0 Å². The van der Waals surface area contributed by atoms with E-state index in [9.17, 15) is 9.59 Å². The first-order valence-corrected chi connectivity index (χ1v) is 10.2. The molecule has 0 spiro atoms. The van der Waals surface area contributed by atoms with Crippen molar-refractivity contribution in [1.29, 1.82) is 0 Å². The highest BCUT2D eigenvalue weighted by atomic mass is 16.6. The summed E-state index contributed by atoms with van der Waals surface area (Å²) in [6.45, 7) is 7.28. The van der Waals surface area contributed by atoms with Crippen molar-refractivity contribution in [3.8, 4) is 0 Å². The van der Waals surface area contributed by atoms with Crippen LogP contribution in [0.1, 0.15) is 43.1 Å². The first-order chi connectivity index (χ1) is 14.2. The van der Waals surface area contributed by atoms with Crippen LogP contribution >= 0.6 is 0 Å². The van der Waals surface area contributed by atoms with Crippen LogP contribution in [0.4, 0.5) is 10.6 Å². The molecule has 1 N–H and O–H groups in total. The predicted molar refractivity (Wildman–Crippen MR) is 116 cm³/mol. The minimum absolute atomic E-state index is 0.0922. The molecule has 7 nitrogen and oxygen atoms in total. The van der Waals surface area contributed by atoms with Crippen molar-refractivity contribution in [1.82, 2.24) is 15.2 Å². The zero-order valence-electron chi connectivity index (χ0n) is 18.1. The Labute approximate surface area is 178 Å². The summed E-state index contributed by atoms with van der Waals surface area (Å²) < 4.78 is 5.40.